The Bertz CT molecular complexity index is 838. The fraction of sp³-hybridized carbons (Fsp3) is 0. The van der Waals surface area contributed by atoms with Crippen molar-refractivity contribution < 1.29 is 4.39 Å². The number of nitrogens with one attached hydrogen (secondary N) is 1. The van der Waals surface area contributed by atoms with Crippen LogP contribution in [0.5, 0.6) is 0 Å². The zero-order valence-corrected chi connectivity index (χ0v) is 11.6. The van der Waals surface area contributed by atoms with Crippen molar-refractivity contribution in [2.45, 2.75) is 0 Å². The number of nitrogens with zero attached hydrogens (tertiary/aromatic N) is 2. The van der Waals surface area contributed by atoms with Crippen LogP contribution in [0, 0.1) is 17.1 Å². The molecule has 0 aliphatic carbocycles. The summed E-state index contributed by atoms with van der Waals surface area (Å²) in [5.74, 6) is -0.485. The van der Waals surface area contributed by atoms with E-state index in [2.05, 4.69) is 10.3 Å². The number of benzene rings is 2. The molecule has 2 aromatic carbocycles. The summed E-state index contributed by atoms with van der Waals surface area (Å²) in [6.45, 7) is 0. The topological polar surface area (TPSA) is 48.7 Å². The van der Waals surface area contributed by atoms with Crippen LogP contribution < -0.4 is 5.32 Å². The molecule has 3 nitrogen and oxygen atoms in total. The van der Waals surface area contributed by atoms with Crippen molar-refractivity contribution in [3.63, 3.8) is 0 Å². The largest absolute Gasteiger partial charge is 0.329 e. The minimum atomic E-state index is -0.485. The summed E-state index contributed by atoms with van der Waals surface area (Å²) in [5.41, 5.74) is 1.37. The molecule has 3 aromatic rings. The Morgan fingerprint density at radius 2 is 2.10 bits per heavy atom. The zero-order valence-electron chi connectivity index (χ0n) is 10.0. The molecule has 0 amide bonds. The van der Waals surface area contributed by atoms with Gasteiger partial charge in [-0.2, -0.15) is 5.26 Å². The van der Waals surface area contributed by atoms with Gasteiger partial charge in [0.2, 0.25) is 0 Å². The Balaban J connectivity index is 1.95. The van der Waals surface area contributed by atoms with Gasteiger partial charge in [0.05, 0.1) is 27.5 Å². The highest BCUT2D eigenvalue weighted by Gasteiger charge is 2.08. The van der Waals surface area contributed by atoms with Crippen molar-refractivity contribution >= 4 is 44.0 Å². The van der Waals surface area contributed by atoms with Crippen LogP contribution in [0.15, 0.2) is 36.4 Å². The summed E-state index contributed by atoms with van der Waals surface area (Å²) in [7, 11) is 0. The molecule has 0 spiro atoms. The standard InChI is InChI=1S/C14H7ClFN3S/c15-9-2-4-12-13(6-9)20-14(19-12)18-11-3-1-8(7-17)5-10(11)16/h1-6H,(H,18,19). The quantitative estimate of drug-likeness (QED) is 0.746. The number of nitriles is 1. The minimum Gasteiger partial charge on any atom is -0.329 e. The fourth-order valence-corrected chi connectivity index (χ4v) is 2.91. The third kappa shape index (κ3) is 2.44. The highest BCUT2D eigenvalue weighted by Crippen LogP contribution is 2.30. The van der Waals surface area contributed by atoms with Crippen LogP contribution in [0.25, 0.3) is 10.2 Å². The molecule has 0 atom stereocenters. The Hall–Kier alpha value is -2.16. The molecule has 0 radical (unpaired) electrons. The van der Waals surface area contributed by atoms with E-state index in [4.69, 9.17) is 16.9 Å². The Morgan fingerprint density at radius 1 is 1.25 bits per heavy atom. The van der Waals surface area contributed by atoms with Crippen molar-refractivity contribution in [2.75, 3.05) is 5.32 Å². The smallest absolute Gasteiger partial charge is 0.188 e. The molecule has 0 aliphatic heterocycles. The molecule has 0 fully saturated rings. The Kier molecular flexibility index (Phi) is 3.26. The lowest BCUT2D eigenvalue weighted by Crippen LogP contribution is -1.93. The molecule has 1 heterocycles. The van der Waals surface area contributed by atoms with E-state index in [-0.39, 0.29) is 11.3 Å². The first kappa shape index (κ1) is 12.9. The van der Waals surface area contributed by atoms with Gasteiger partial charge in [-0.25, -0.2) is 9.37 Å². The highest BCUT2D eigenvalue weighted by atomic mass is 35.5. The molecule has 1 aromatic heterocycles. The summed E-state index contributed by atoms with van der Waals surface area (Å²) in [4.78, 5) is 4.35. The monoisotopic (exact) mass is 303 g/mol. The first-order valence-corrected chi connectivity index (χ1v) is 6.88. The van der Waals surface area contributed by atoms with Crippen LogP contribution in [0.2, 0.25) is 5.02 Å². The molecule has 0 unspecified atom stereocenters. The van der Waals surface area contributed by atoms with Gasteiger partial charge in [-0.3, -0.25) is 0 Å². The van der Waals surface area contributed by atoms with Gasteiger partial charge in [-0.1, -0.05) is 22.9 Å². The average molecular weight is 304 g/mol. The van der Waals surface area contributed by atoms with E-state index in [0.29, 0.717) is 10.2 Å². The van der Waals surface area contributed by atoms with E-state index in [9.17, 15) is 4.39 Å². The van der Waals surface area contributed by atoms with Crippen LogP contribution in [0.3, 0.4) is 0 Å². The lowest BCUT2D eigenvalue weighted by atomic mass is 10.2. The maximum absolute atomic E-state index is 13.8. The number of rotatable bonds is 2. The second-order valence-electron chi connectivity index (χ2n) is 4.06. The number of aromatic nitrogens is 1. The molecule has 1 N–H and O–H groups in total. The van der Waals surface area contributed by atoms with Gasteiger partial charge in [0.1, 0.15) is 5.82 Å². The first-order valence-electron chi connectivity index (χ1n) is 5.68. The summed E-state index contributed by atoms with van der Waals surface area (Å²) in [5, 5.41) is 12.8. The molecular weight excluding hydrogens is 297 g/mol. The van der Waals surface area contributed by atoms with Gasteiger partial charge in [-0.15, -0.1) is 0 Å². The van der Waals surface area contributed by atoms with E-state index in [0.717, 1.165) is 10.2 Å². The normalized spacial score (nSPS) is 10.4. The SMILES string of the molecule is N#Cc1ccc(Nc2nc3ccc(Cl)cc3s2)c(F)c1. The maximum Gasteiger partial charge on any atom is 0.188 e. The predicted molar refractivity (Wildman–Crippen MR) is 79.0 cm³/mol. The Labute approximate surface area is 123 Å². The molecular formula is C14H7ClFN3S. The van der Waals surface area contributed by atoms with Crippen molar-refractivity contribution in [3.8, 4) is 6.07 Å². The lowest BCUT2D eigenvalue weighted by molar-refractivity contribution is 0.631. The summed E-state index contributed by atoms with van der Waals surface area (Å²) < 4.78 is 14.7. The van der Waals surface area contributed by atoms with Crippen molar-refractivity contribution in [3.05, 3.63) is 52.8 Å². The lowest BCUT2D eigenvalue weighted by Gasteiger charge is -2.03. The van der Waals surface area contributed by atoms with Gasteiger partial charge >= 0.3 is 0 Å². The number of halogens is 2. The third-order valence-corrected chi connectivity index (χ3v) is 3.86. The highest BCUT2D eigenvalue weighted by molar-refractivity contribution is 7.22. The molecule has 0 saturated carbocycles. The number of anilines is 2. The Morgan fingerprint density at radius 3 is 2.85 bits per heavy atom. The molecule has 6 heteroatoms. The zero-order chi connectivity index (χ0) is 14.1. The molecule has 98 valence electrons. The maximum atomic E-state index is 13.8. The summed E-state index contributed by atoms with van der Waals surface area (Å²) >= 11 is 7.30. The van der Waals surface area contributed by atoms with E-state index < -0.39 is 5.82 Å². The van der Waals surface area contributed by atoms with Gasteiger partial charge in [0, 0.05) is 5.02 Å². The van der Waals surface area contributed by atoms with Crippen LogP contribution in [-0.4, -0.2) is 4.98 Å². The van der Waals surface area contributed by atoms with Crippen LogP contribution >= 0.6 is 22.9 Å². The summed E-state index contributed by atoms with van der Waals surface area (Å²) in [6.07, 6.45) is 0. The van der Waals surface area contributed by atoms with Gasteiger partial charge in [0.25, 0.3) is 0 Å². The molecule has 3 rings (SSSR count). The predicted octanol–water partition coefficient (Wildman–Crippen LogP) is 4.70. The molecule has 0 bridgehead atoms. The van der Waals surface area contributed by atoms with E-state index in [1.165, 1.54) is 23.5 Å². The number of hydrogen-bond donors (Lipinski definition) is 1. The number of thiazole rings is 1. The van der Waals surface area contributed by atoms with Gasteiger partial charge in [-0.05, 0) is 36.4 Å². The van der Waals surface area contributed by atoms with E-state index in [1.54, 1.807) is 12.1 Å². The van der Waals surface area contributed by atoms with Crippen LogP contribution in [-0.2, 0) is 0 Å². The minimum absolute atomic E-state index is 0.282. The van der Waals surface area contributed by atoms with Crippen LogP contribution in [0.1, 0.15) is 5.56 Å². The van der Waals surface area contributed by atoms with Crippen molar-refractivity contribution in [1.82, 2.24) is 4.98 Å². The van der Waals surface area contributed by atoms with E-state index in [1.807, 2.05) is 18.2 Å². The van der Waals surface area contributed by atoms with Crippen molar-refractivity contribution in [2.24, 2.45) is 0 Å². The molecule has 0 saturated heterocycles. The second-order valence-corrected chi connectivity index (χ2v) is 5.53. The van der Waals surface area contributed by atoms with Crippen molar-refractivity contribution in [1.29, 1.82) is 5.26 Å². The van der Waals surface area contributed by atoms with Crippen LogP contribution in [0.4, 0.5) is 15.2 Å². The average Bonchev–Trinajstić information content (AvgIpc) is 2.82. The molecule has 0 aliphatic rings. The summed E-state index contributed by atoms with van der Waals surface area (Å²) in [6, 6.07) is 11.5. The second kappa shape index (κ2) is 5.08. The fourth-order valence-electron chi connectivity index (χ4n) is 1.75. The first-order chi connectivity index (χ1) is 9.65. The van der Waals surface area contributed by atoms with Gasteiger partial charge in [0.15, 0.2) is 5.13 Å². The van der Waals surface area contributed by atoms with Gasteiger partial charge < -0.3 is 5.32 Å². The molecule has 20 heavy (non-hydrogen) atoms. The number of hydrogen-bond acceptors (Lipinski definition) is 4. The number of fused-ring (bicyclic) bond motifs is 1. The third-order valence-electron chi connectivity index (χ3n) is 2.69. The van der Waals surface area contributed by atoms with E-state index >= 15 is 0 Å².